The number of hydrogen-bond donors (Lipinski definition) is 1. The van der Waals surface area contributed by atoms with Crippen LogP contribution in [0.15, 0.2) is 24.3 Å². The van der Waals surface area contributed by atoms with Gasteiger partial charge in [-0.15, -0.1) is 11.3 Å². The molecule has 0 aliphatic rings. The van der Waals surface area contributed by atoms with Crippen molar-refractivity contribution in [1.29, 1.82) is 0 Å². The highest BCUT2D eigenvalue weighted by molar-refractivity contribution is 7.92. The van der Waals surface area contributed by atoms with Crippen LogP contribution in [-0.4, -0.2) is 27.6 Å². The van der Waals surface area contributed by atoms with Crippen molar-refractivity contribution in [3.63, 3.8) is 0 Å². The third-order valence-corrected chi connectivity index (χ3v) is 4.94. The van der Waals surface area contributed by atoms with Crippen LogP contribution in [0.3, 0.4) is 0 Å². The number of carbonyl (C=O) groups excluding carboxylic acids is 1. The van der Waals surface area contributed by atoms with Gasteiger partial charge in [0.05, 0.1) is 16.8 Å². The molecule has 18 heavy (non-hydrogen) atoms. The molecule has 0 fully saturated rings. The Labute approximate surface area is 109 Å². The van der Waals surface area contributed by atoms with Crippen LogP contribution in [0, 0.1) is 0 Å². The maximum absolute atomic E-state index is 11.4. The van der Waals surface area contributed by atoms with Crippen molar-refractivity contribution >= 4 is 43.0 Å². The van der Waals surface area contributed by atoms with Gasteiger partial charge in [0.2, 0.25) is 10.0 Å². The molecular formula is C11H12N2O3S2. The first-order valence-corrected chi connectivity index (χ1v) is 7.73. The second-order valence-electron chi connectivity index (χ2n) is 3.93. The molecular weight excluding hydrogens is 272 g/mol. The van der Waals surface area contributed by atoms with Crippen LogP contribution in [0.1, 0.15) is 9.67 Å². The molecule has 0 bridgehead atoms. The summed E-state index contributed by atoms with van der Waals surface area (Å²) in [6, 6.07) is 6.87. The van der Waals surface area contributed by atoms with Crippen LogP contribution in [0.2, 0.25) is 0 Å². The Morgan fingerprint density at radius 1 is 1.33 bits per heavy atom. The molecule has 1 aromatic heterocycles. The number of amides is 1. The number of rotatable bonds is 3. The van der Waals surface area contributed by atoms with Crippen LogP contribution in [-0.2, 0) is 10.0 Å². The number of hydrogen-bond acceptors (Lipinski definition) is 4. The largest absolute Gasteiger partial charge is 0.365 e. The Balaban J connectivity index is 2.54. The molecule has 0 spiro atoms. The molecule has 1 amide bonds. The summed E-state index contributed by atoms with van der Waals surface area (Å²) in [5.74, 6) is -0.478. The number of thiophene rings is 1. The molecule has 1 heterocycles. The fraction of sp³-hybridized carbons (Fsp3) is 0.182. The number of primary amides is 1. The molecule has 7 heteroatoms. The first-order chi connectivity index (χ1) is 8.29. The van der Waals surface area contributed by atoms with E-state index in [4.69, 9.17) is 5.73 Å². The van der Waals surface area contributed by atoms with E-state index in [2.05, 4.69) is 0 Å². The fourth-order valence-electron chi connectivity index (χ4n) is 1.54. The van der Waals surface area contributed by atoms with Crippen LogP contribution >= 0.6 is 11.3 Å². The molecule has 1 aromatic carbocycles. The summed E-state index contributed by atoms with van der Waals surface area (Å²) < 4.78 is 25.0. The number of carbonyl (C=O) groups is 1. The van der Waals surface area contributed by atoms with Gasteiger partial charge in [-0.25, -0.2) is 8.42 Å². The zero-order valence-corrected chi connectivity index (χ0v) is 11.5. The number of benzene rings is 1. The SMILES string of the molecule is CN(c1ccc2sc(C(N)=O)cc2c1)S(C)(=O)=O. The zero-order chi connectivity index (χ0) is 13.5. The second kappa shape index (κ2) is 4.25. The van der Waals surface area contributed by atoms with E-state index in [-0.39, 0.29) is 0 Å². The van der Waals surface area contributed by atoms with Gasteiger partial charge in [0, 0.05) is 11.7 Å². The predicted octanol–water partition coefficient (Wildman–Crippen LogP) is 1.40. The molecule has 0 atom stereocenters. The highest BCUT2D eigenvalue weighted by Crippen LogP contribution is 2.29. The third kappa shape index (κ3) is 2.32. The molecule has 0 saturated carbocycles. The van der Waals surface area contributed by atoms with E-state index >= 15 is 0 Å². The third-order valence-electron chi connectivity index (χ3n) is 2.60. The van der Waals surface area contributed by atoms with Crippen molar-refractivity contribution in [2.75, 3.05) is 17.6 Å². The van der Waals surface area contributed by atoms with Crippen molar-refractivity contribution in [2.24, 2.45) is 5.73 Å². The van der Waals surface area contributed by atoms with Gasteiger partial charge in [0.25, 0.3) is 5.91 Å². The number of nitrogens with zero attached hydrogens (tertiary/aromatic N) is 1. The van der Waals surface area contributed by atoms with Crippen molar-refractivity contribution in [3.05, 3.63) is 29.1 Å². The summed E-state index contributed by atoms with van der Waals surface area (Å²) in [6.45, 7) is 0. The van der Waals surface area contributed by atoms with Gasteiger partial charge in [-0.3, -0.25) is 9.10 Å². The summed E-state index contributed by atoms with van der Waals surface area (Å²) >= 11 is 1.29. The van der Waals surface area contributed by atoms with E-state index in [1.807, 2.05) is 0 Å². The van der Waals surface area contributed by atoms with Crippen LogP contribution in [0.4, 0.5) is 5.69 Å². The summed E-state index contributed by atoms with van der Waals surface area (Å²) in [6.07, 6.45) is 1.14. The molecule has 5 nitrogen and oxygen atoms in total. The predicted molar refractivity (Wildman–Crippen MR) is 73.6 cm³/mol. The Hall–Kier alpha value is -1.60. The number of nitrogens with two attached hydrogens (primary N) is 1. The molecule has 96 valence electrons. The van der Waals surface area contributed by atoms with Gasteiger partial charge >= 0.3 is 0 Å². The van der Waals surface area contributed by atoms with Crippen molar-refractivity contribution in [2.45, 2.75) is 0 Å². The van der Waals surface area contributed by atoms with E-state index < -0.39 is 15.9 Å². The lowest BCUT2D eigenvalue weighted by Gasteiger charge is -2.16. The lowest BCUT2D eigenvalue weighted by molar-refractivity contribution is 0.100. The average molecular weight is 284 g/mol. The maximum atomic E-state index is 11.4. The lowest BCUT2D eigenvalue weighted by Crippen LogP contribution is -2.24. The summed E-state index contributed by atoms with van der Waals surface area (Å²) in [5.41, 5.74) is 5.76. The minimum atomic E-state index is -3.29. The summed E-state index contributed by atoms with van der Waals surface area (Å²) in [5, 5.41) is 0.807. The summed E-state index contributed by atoms with van der Waals surface area (Å²) in [4.78, 5) is 11.5. The molecule has 0 unspecified atom stereocenters. The topological polar surface area (TPSA) is 80.5 Å². The zero-order valence-electron chi connectivity index (χ0n) is 9.88. The first kappa shape index (κ1) is 12.8. The maximum Gasteiger partial charge on any atom is 0.258 e. The van der Waals surface area contributed by atoms with Gasteiger partial charge in [0.15, 0.2) is 0 Å². The lowest BCUT2D eigenvalue weighted by atomic mass is 10.2. The molecule has 2 rings (SSSR count). The Bertz CT molecular complexity index is 719. The van der Waals surface area contributed by atoms with Gasteiger partial charge in [0.1, 0.15) is 0 Å². The minimum Gasteiger partial charge on any atom is -0.365 e. The molecule has 0 saturated heterocycles. The van der Waals surface area contributed by atoms with E-state index in [1.54, 1.807) is 24.3 Å². The van der Waals surface area contributed by atoms with E-state index in [0.717, 1.165) is 16.3 Å². The Kier molecular flexibility index (Phi) is 3.04. The highest BCUT2D eigenvalue weighted by atomic mass is 32.2. The van der Waals surface area contributed by atoms with Crippen molar-refractivity contribution in [1.82, 2.24) is 0 Å². The standard InChI is InChI=1S/C11H12N2O3S2/c1-13(18(2,15)16)8-3-4-9-7(5-8)6-10(17-9)11(12)14/h3-6H,1-2H3,(H2,12,14). The van der Waals surface area contributed by atoms with E-state index in [9.17, 15) is 13.2 Å². The molecule has 0 aliphatic heterocycles. The van der Waals surface area contributed by atoms with Gasteiger partial charge < -0.3 is 5.73 Å². The van der Waals surface area contributed by atoms with Crippen LogP contribution in [0.5, 0.6) is 0 Å². The van der Waals surface area contributed by atoms with E-state index in [0.29, 0.717) is 10.6 Å². The first-order valence-electron chi connectivity index (χ1n) is 5.06. The van der Waals surface area contributed by atoms with Gasteiger partial charge in [-0.2, -0.15) is 0 Å². The van der Waals surface area contributed by atoms with Crippen LogP contribution < -0.4 is 10.0 Å². The number of anilines is 1. The van der Waals surface area contributed by atoms with Crippen LogP contribution in [0.25, 0.3) is 10.1 Å². The second-order valence-corrected chi connectivity index (χ2v) is 7.03. The molecule has 0 aliphatic carbocycles. The highest BCUT2D eigenvalue weighted by Gasteiger charge is 2.13. The molecule has 0 radical (unpaired) electrons. The van der Waals surface area contributed by atoms with E-state index in [1.165, 1.54) is 22.7 Å². The monoisotopic (exact) mass is 284 g/mol. The van der Waals surface area contributed by atoms with Crippen molar-refractivity contribution in [3.8, 4) is 0 Å². The van der Waals surface area contributed by atoms with Crippen molar-refractivity contribution < 1.29 is 13.2 Å². The fourth-order valence-corrected chi connectivity index (χ4v) is 2.93. The number of fused-ring (bicyclic) bond motifs is 1. The van der Waals surface area contributed by atoms with Gasteiger partial charge in [-0.1, -0.05) is 0 Å². The minimum absolute atomic E-state index is 0.462. The number of sulfonamides is 1. The quantitative estimate of drug-likeness (QED) is 0.925. The normalized spacial score (nSPS) is 11.7. The summed E-state index contributed by atoms with van der Waals surface area (Å²) in [7, 11) is -1.80. The Morgan fingerprint density at radius 3 is 2.56 bits per heavy atom. The Morgan fingerprint density at radius 2 is 2.00 bits per heavy atom. The molecule has 2 N–H and O–H groups in total. The van der Waals surface area contributed by atoms with Gasteiger partial charge in [-0.05, 0) is 29.7 Å². The molecule has 2 aromatic rings. The average Bonchev–Trinajstić information content (AvgIpc) is 2.69. The smallest absolute Gasteiger partial charge is 0.258 e.